The summed E-state index contributed by atoms with van der Waals surface area (Å²) >= 11 is 0. The third kappa shape index (κ3) is 3.05. The van der Waals surface area contributed by atoms with Crippen LogP contribution in [-0.4, -0.2) is 41.1 Å². The van der Waals surface area contributed by atoms with Gasteiger partial charge in [-0.25, -0.2) is 4.79 Å². The van der Waals surface area contributed by atoms with Crippen LogP contribution in [0, 0.1) is 5.92 Å². The van der Waals surface area contributed by atoms with Crippen LogP contribution in [0.3, 0.4) is 0 Å². The third-order valence-corrected chi connectivity index (χ3v) is 3.30. The van der Waals surface area contributed by atoms with Crippen molar-refractivity contribution >= 4 is 18.0 Å². The number of esters is 2. The summed E-state index contributed by atoms with van der Waals surface area (Å²) in [7, 11) is 0. The lowest BCUT2D eigenvalue weighted by molar-refractivity contribution is -0.153. The van der Waals surface area contributed by atoms with Crippen LogP contribution >= 0.6 is 0 Å². The van der Waals surface area contributed by atoms with Gasteiger partial charge < -0.3 is 14.4 Å². The minimum Gasteiger partial charge on any atom is -0.444 e. The maximum absolute atomic E-state index is 12.1. The van der Waals surface area contributed by atoms with E-state index in [-0.39, 0.29) is 12.5 Å². The number of likely N-dealkylation sites (tertiary alicyclic amines) is 1. The molecular formula is C13H19NO5. The summed E-state index contributed by atoms with van der Waals surface area (Å²) in [4.78, 5) is 36.4. The number of rotatable bonds is 1. The van der Waals surface area contributed by atoms with Crippen molar-refractivity contribution < 1.29 is 23.9 Å². The first-order valence-electron chi connectivity index (χ1n) is 6.52. The molecule has 0 aromatic heterocycles. The molecule has 0 radical (unpaired) electrons. The number of carbonyl (C=O) groups is 3. The van der Waals surface area contributed by atoms with Gasteiger partial charge in [0.1, 0.15) is 5.60 Å². The van der Waals surface area contributed by atoms with Crippen LogP contribution < -0.4 is 0 Å². The van der Waals surface area contributed by atoms with Gasteiger partial charge in [-0.15, -0.1) is 0 Å². The van der Waals surface area contributed by atoms with E-state index in [0.29, 0.717) is 13.0 Å². The summed E-state index contributed by atoms with van der Waals surface area (Å²) < 4.78 is 9.88. The number of nitrogens with zero attached hydrogens (tertiary/aromatic N) is 1. The normalized spacial score (nSPS) is 27.6. The van der Waals surface area contributed by atoms with E-state index in [2.05, 4.69) is 4.74 Å². The fraction of sp³-hybridized carbons (Fsp3) is 0.769. The fourth-order valence-corrected chi connectivity index (χ4v) is 2.54. The van der Waals surface area contributed by atoms with Crippen LogP contribution in [0.25, 0.3) is 0 Å². The lowest BCUT2D eigenvalue weighted by Crippen LogP contribution is -2.44. The zero-order chi connectivity index (χ0) is 14.2. The molecule has 0 aromatic carbocycles. The average molecular weight is 269 g/mol. The van der Waals surface area contributed by atoms with E-state index in [0.717, 1.165) is 6.42 Å². The molecule has 0 spiro atoms. The number of carbonyl (C=O) groups excluding carboxylic acids is 3. The van der Waals surface area contributed by atoms with E-state index < -0.39 is 29.6 Å². The second-order valence-corrected chi connectivity index (χ2v) is 5.99. The first-order valence-corrected chi connectivity index (χ1v) is 6.52. The summed E-state index contributed by atoms with van der Waals surface area (Å²) in [6.45, 7) is 5.94. The summed E-state index contributed by atoms with van der Waals surface area (Å²) in [5.41, 5.74) is -0.573. The fourth-order valence-electron chi connectivity index (χ4n) is 2.54. The molecule has 6 heteroatoms. The van der Waals surface area contributed by atoms with Gasteiger partial charge >= 0.3 is 18.0 Å². The van der Waals surface area contributed by atoms with Gasteiger partial charge in [0.2, 0.25) is 0 Å². The van der Waals surface area contributed by atoms with Crippen molar-refractivity contribution in [1.82, 2.24) is 4.90 Å². The van der Waals surface area contributed by atoms with Gasteiger partial charge in [-0.05, 0) is 33.6 Å². The van der Waals surface area contributed by atoms with E-state index in [1.165, 1.54) is 0 Å². The molecule has 0 aliphatic carbocycles. The Morgan fingerprint density at radius 3 is 2.58 bits per heavy atom. The van der Waals surface area contributed by atoms with Gasteiger partial charge in [0.05, 0.1) is 12.3 Å². The number of amides is 1. The van der Waals surface area contributed by atoms with Crippen LogP contribution in [0.4, 0.5) is 4.79 Å². The lowest BCUT2D eigenvalue weighted by Gasteiger charge is -2.30. The van der Waals surface area contributed by atoms with Gasteiger partial charge in [0.25, 0.3) is 0 Å². The maximum atomic E-state index is 12.1. The highest BCUT2D eigenvalue weighted by molar-refractivity contribution is 5.95. The second kappa shape index (κ2) is 4.83. The van der Waals surface area contributed by atoms with E-state index in [1.807, 2.05) is 0 Å². The molecule has 2 saturated heterocycles. The number of hydrogen-bond acceptors (Lipinski definition) is 5. The van der Waals surface area contributed by atoms with Gasteiger partial charge in [-0.2, -0.15) is 0 Å². The largest absolute Gasteiger partial charge is 0.444 e. The SMILES string of the molecule is CC(C)(C)OC(=O)N1CCCC1C1CC(=O)OC1=O. The van der Waals surface area contributed by atoms with E-state index in [9.17, 15) is 14.4 Å². The smallest absolute Gasteiger partial charge is 0.410 e. The number of hydrogen-bond donors (Lipinski definition) is 0. The first kappa shape index (κ1) is 13.8. The zero-order valence-corrected chi connectivity index (χ0v) is 11.5. The van der Waals surface area contributed by atoms with Crippen LogP contribution in [0.15, 0.2) is 0 Å². The molecule has 2 aliphatic rings. The summed E-state index contributed by atoms with van der Waals surface area (Å²) in [6.07, 6.45) is 1.14. The number of ether oxygens (including phenoxy) is 2. The Kier molecular flexibility index (Phi) is 3.52. The van der Waals surface area contributed by atoms with Crippen molar-refractivity contribution in [2.75, 3.05) is 6.54 Å². The summed E-state index contributed by atoms with van der Waals surface area (Å²) in [5, 5.41) is 0. The molecular weight excluding hydrogens is 250 g/mol. The van der Waals surface area contributed by atoms with E-state index in [1.54, 1.807) is 25.7 Å². The molecule has 1 amide bonds. The molecule has 2 atom stereocenters. The van der Waals surface area contributed by atoms with Crippen molar-refractivity contribution in [2.45, 2.75) is 51.7 Å². The van der Waals surface area contributed by atoms with Crippen LogP contribution in [0.5, 0.6) is 0 Å². The molecule has 6 nitrogen and oxygen atoms in total. The Balaban J connectivity index is 2.07. The number of cyclic esters (lactones) is 2. The molecule has 2 rings (SSSR count). The maximum Gasteiger partial charge on any atom is 0.410 e. The molecule has 0 saturated carbocycles. The summed E-state index contributed by atoms with van der Waals surface area (Å²) in [6, 6.07) is -0.284. The predicted octanol–water partition coefficient (Wildman–Crippen LogP) is 1.48. The van der Waals surface area contributed by atoms with E-state index in [4.69, 9.17) is 4.74 Å². The molecule has 0 aromatic rings. The van der Waals surface area contributed by atoms with Gasteiger partial charge in [-0.1, -0.05) is 0 Å². The van der Waals surface area contributed by atoms with Crippen molar-refractivity contribution in [3.05, 3.63) is 0 Å². The quantitative estimate of drug-likeness (QED) is 0.532. The standard InChI is InChI=1S/C13H19NO5/c1-13(2,3)19-12(17)14-6-4-5-9(14)8-7-10(15)18-11(8)16/h8-9H,4-7H2,1-3H3. The highest BCUT2D eigenvalue weighted by atomic mass is 16.6. The van der Waals surface area contributed by atoms with Gasteiger partial charge in [0.15, 0.2) is 0 Å². The molecule has 2 unspecified atom stereocenters. The highest BCUT2D eigenvalue weighted by Gasteiger charge is 2.45. The molecule has 106 valence electrons. The van der Waals surface area contributed by atoms with Crippen LogP contribution in [-0.2, 0) is 19.1 Å². The van der Waals surface area contributed by atoms with Crippen LogP contribution in [0.2, 0.25) is 0 Å². The summed E-state index contributed by atoms with van der Waals surface area (Å²) in [5.74, 6) is -1.57. The minimum atomic E-state index is -0.573. The van der Waals surface area contributed by atoms with Crippen molar-refractivity contribution in [3.63, 3.8) is 0 Å². The van der Waals surface area contributed by atoms with Crippen molar-refractivity contribution in [3.8, 4) is 0 Å². The monoisotopic (exact) mass is 269 g/mol. The molecule has 2 aliphatic heterocycles. The van der Waals surface area contributed by atoms with Gasteiger partial charge in [0, 0.05) is 12.6 Å². The Morgan fingerprint density at radius 1 is 1.37 bits per heavy atom. The molecule has 19 heavy (non-hydrogen) atoms. The Morgan fingerprint density at radius 2 is 2.05 bits per heavy atom. The van der Waals surface area contributed by atoms with Gasteiger partial charge in [-0.3, -0.25) is 9.59 Å². The predicted molar refractivity (Wildman–Crippen MR) is 65.2 cm³/mol. The topological polar surface area (TPSA) is 72.9 Å². The molecule has 0 N–H and O–H groups in total. The van der Waals surface area contributed by atoms with Crippen molar-refractivity contribution in [2.24, 2.45) is 5.92 Å². The molecule has 2 heterocycles. The third-order valence-electron chi connectivity index (χ3n) is 3.30. The van der Waals surface area contributed by atoms with E-state index >= 15 is 0 Å². The second-order valence-electron chi connectivity index (χ2n) is 5.99. The minimum absolute atomic E-state index is 0.0583. The Labute approximate surface area is 112 Å². The first-order chi connectivity index (χ1) is 8.78. The van der Waals surface area contributed by atoms with Crippen LogP contribution in [0.1, 0.15) is 40.0 Å². The average Bonchev–Trinajstić information content (AvgIpc) is 2.81. The molecule has 0 bridgehead atoms. The Bertz CT molecular complexity index is 412. The Hall–Kier alpha value is -1.59. The molecule has 2 fully saturated rings. The zero-order valence-electron chi connectivity index (χ0n) is 11.5. The lowest BCUT2D eigenvalue weighted by atomic mass is 9.96. The highest BCUT2D eigenvalue weighted by Crippen LogP contribution is 2.31. The van der Waals surface area contributed by atoms with Crippen molar-refractivity contribution in [1.29, 1.82) is 0 Å².